The van der Waals surface area contributed by atoms with Crippen LogP contribution in [0, 0.1) is 17.8 Å². The van der Waals surface area contributed by atoms with E-state index < -0.39 is 12.1 Å². The molecular formula is C26H44N4O5. The van der Waals surface area contributed by atoms with Gasteiger partial charge < -0.3 is 30.0 Å². The van der Waals surface area contributed by atoms with Gasteiger partial charge >= 0.3 is 0 Å². The van der Waals surface area contributed by atoms with Gasteiger partial charge in [0.2, 0.25) is 5.91 Å². The second-order valence-electron chi connectivity index (χ2n) is 9.06. The molecule has 1 aromatic carbocycles. The monoisotopic (exact) mass is 492 g/mol. The van der Waals surface area contributed by atoms with Crippen molar-refractivity contribution in [2.75, 3.05) is 33.4 Å². The predicted octanol–water partition coefficient (Wildman–Crippen LogP) is 0.818. The zero-order valence-electron chi connectivity index (χ0n) is 21.6. The highest BCUT2D eigenvalue weighted by Gasteiger charge is 2.42. The Morgan fingerprint density at radius 1 is 1.31 bits per heavy atom. The number of nitrogens with zero attached hydrogens (tertiary/aromatic N) is 1. The van der Waals surface area contributed by atoms with E-state index in [1.165, 1.54) is 5.56 Å². The van der Waals surface area contributed by atoms with Gasteiger partial charge in [-0.25, -0.2) is 5.43 Å². The standard InChI is InChI=1S/C12H23N3O3.C10H11N.C3H8O.CH2O/c1-12(3-6-18-7-4-12)10(14-13)11(17)15-5-2-9(16)8-15;1-3-9-4-6-10(7-5-9)8-11-2;1-3(2)4;1-2/h9-10,14,16H,2-8,13H2,1H3;1,4-7,11H,8H2,2H3;3-4H,1-2H3;1H2. The average molecular weight is 493 g/mol. The van der Waals surface area contributed by atoms with Gasteiger partial charge in [0.15, 0.2) is 0 Å². The number of β-amino-alcohol motifs (C(OH)–C–C–N with tert-alkyl or cyclic N) is 1. The van der Waals surface area contributed by atoms with E-state index in [4.69, 9.17) is 26.9 Å². The lowest BCUT2D eigenvalue weighted by Crippen LogP contribution is -2.58. The third-order valence-corrected chi connectivity index (χ3v) is 5.72. The lowest BCUT2D eigenvalue weighted by molar-refractivity contribution is -0.138. The third-order valence-electron chi connectivity index (χ3n) is 5.72. The first-order valence-electron chi connectivity index (χ1n) is 11.8. The van der Waals surface area contributed by atoms with Crippen molar-refractivity contribution in [3.8, 4) is 12.3 Å². The Bertz CT molecular complexity index is 742. The molecule has 0 spiro atoms. The topological polar surface area (TPSA) is 137 Å². The van der Waals surface area contributed by atoms with Gasteiger partial charge in [0.05, 0.1) is 6.10 Å². The number of hydrogen-bond acceptors (Lipinski definition) is 8. The van der Waals surface area contributed by atoms with Gasteiger partial charge in [-0.15, -0.1) is 6.42 Å². The van der Waals surface area contributed by atoms with Crippen molar-refractivity contribution in [1.29, 1.82) is 0 Å². The molecule has 1 amide bonds. The molecule has 2 heterocycles. The molecule has 2 unspecified atom stereocenters. The summed E-state index contributed by atoms with van der Waals surface area (Å²) in [6, 6.07) is 7.57. The molecule has 0 aliphatic carbocycles. The number of aliphatic hydroxyl groups is 2. The van der Waals surface area contributed by atoms with Crippen LogP contribution in [0.25, 0.3) is 0 Å². The van der Waals surface area contributed by atoms with E-state index in [2.05, 4.69) is 23.6 Å². The Morgan fingerprint density at radius 3 is 2.26 bits per heavy atom. The molecule has 2 aliphatic rings. The molecule has 9 nitrogen and oxygen atoms in total. The van der Waals surface area contributed by atoms with Crippen molar-refractivity contribution < 1.29 is 24.5 Å². The van der Waals surface area contributed by atoms with Gasteiger partial charge in [-0.3, -0.25) is 10.6 Å². The summed E-state index contributed by atoms with van der Waals surface area (Å²) in [5.74, 6) is 8.17. The maximum absolute atomic E-state index is 12.5. The SMILES string of the molecule is C#Cc1ccc(CNC)cc1.C=O.CC(C)O.CC1(C(NN)C(=O)N2CCC(O)C2)CCOCC1. The van der Waals surface area contributed by atoms with E-state index >= 15 is 0 Å². The largest absolute Gasteiger partial charge is 0.394 e. The lowest BCUT2D eigenvalue weighted by atomic mass is 9.75. The van der Waals surface area contributed by atoms with Crippen LogP contribution in [0.1, 0.15) is 51.2 Å². The number of nitrogens with one attached hydrogen (secondary N) is 2. The molecular weight excluding hydrogens is 448 g/mol. The van der Waals surface area contributed by atoms with Crippen molar-refractivity contribution >= 4 is 12.7 Å². The third kappa shape index (κ3) is 12.3. The van der Waals surface area contributed by atoms with Crippen LogP contribution in [0.15, 0.2) is 24.3 Å². The summed E-state index contributed by atoms with van der Waals surface area (Å²) in [5, 5.41) is 20.6. The minimum Gasteiger partial charge on any atom is -0.394 e. The molecule has 1 aromatic rings. The van der Waals surface area contributed by atoms with Crippen LogP contribution in [0.3, 0.4) is 0 Å². The zero-order chi connectivity index (χ0) is 26.9. The van der Waals surface area contributed by atoms with Gasteiger partial charge in [-0.05, 0) is 63.3 Å². The van der Waals surface area contributed by atoms with Gasteiger partial charge in [-0.1, -0.05) is 25.0 Å². The van der Waals surface area contributed by atoms with Crippen LogP contribution in [0.4, 0.5) is 0 Å². The molecule has 0 aromatic heterocycles. The highest BCUT2D eigenvalue weighted by atomic mass is 16.5. The molecule has 6 N–H and O–H groups in total. The molecule has 0 saturated carbocycles. The highest BCUT2D eigenvalue weighted by Crippen LogP contribution is 2.34. The summed E-state index contributed by atoms with van der Waals surface area (Å²) in [6.07, 6.45) is 6.95. The number of ether oxygens (including phenoxy) is 1. The number of hydrogen-bond donors (Lipinski definition) is 5. The highest BCUT2D eigenvalue weighted by molar-refractivity contribution is 5.83. The van der Waals surface area contributed by atoms with Crippen molar-refractivity contribution in [1.82, 2.24) is 15.6 Å². The lowest BCUT2D eigenvalue weighted by Gasteiger charge is -2.40. The van der Waals surface area contributed by atoms with Crippen molar-refractivity contribution in [3.63, 3.8) is 0 Å². The number of rotatable bonds is 5. The first-order valence-corrected chi connectivity index (χ1v) is 11.8. The van der Waals surface area contributed by atoms with E-state index in [0.717, 1.165) is 24.9 Å². The van der Waals surface area contributed by atoms with Gasteiger partial charge in [-0.2, -0.15) is 0 Å². The number of carbonyl (C=O) groups excluding carboxylic acids is 2. The Labute approximate surface area is 210 Å². The van der Waals surface area contributed by atoms with E-state index in [0.29, 0.717) is 32.7 Å². The molecule has 2 fully saturated rings. The predicted molar refractivity (Wildman–Crippen MR) is 138 cm³/mol. The van der Waals surface area contributed by atoms with Crippen LogP contribution >= 0.6 is 0 Å². The molecule has 3 rings (SSSR count). The normalized spacial score (nSPS) is 19.1. The van der Waals surface area contributed by atoms with Crippen molar-refractivity contribution in [2.45, 2.75) is 64.8 Å². The van der Waals surface area contributed by atoms with Crippen molar-refractivity contribution in [2.24, 2.45) is 11.3 Å². The summed E-state index contributed by atoms with van der Waals surface area (Å²) in [5.41, 5.74) is 4.70. The molecule has 198 valence electrons. The first-order chi connectivity index (χ1) is 16.7. The second kappa shape index (κ2) is 18.0. The van der Waals surface area contributed by atoms with E-state index in [1.54, 1.807) is 18.7 Å². The maximum atomic E-state index is 12.5. The number of carbonyl (C=O) groups is 2. The number of benzene rings is 1. The first kappa shape index (κ1) is 32.7. The second-order valence-corrected chi connectivity index (χ2v) is 9.06. The Hall–Kier alpha value is -2.32. The molecule has 0 radical (unpaired) electrons. The van der Waals surface area contributed by atoms with E-state index in [-0.39, 0.29) is 17.4 Å². The fourth-order valence-electron chi connectivity index (χ4n) is 3.74. The summed E-state index contributed by atoms with van der Waals surface area (Å²) < 4.78 is 5.35. The van der Waals surface area contributed by atoms with Crippen LogP contribution in [0.5, 0.6) is 0 Å². The number of hydrazine groups is 1. The smallest absolute Gasteiger partial charge is 0.241 e. The number of nitrogens with two attached hydrogens (primary N) is 1. The van der Waals surface area contributed by atoms with Crippen molar-refractivity contribution in [3.05, 3.63) is 35.4 Å². The summed E-state index contributed by atoms with van der Waals surface area (Å²) in [4.78, 5) is 22.2. The number of amides is 1. The van der Waals surface area contributed by atoms with Gasteiger partial charge in [0.25, 0.3) is 0 Å². The molecule has 35 heavy (non-hydrogen) atoms. The zero-order valence-corrected chi connectivity index (χ0v) is 21.6. The number of terminal acetylenes is 1. The fourth-order valence-corrected chi connectivity index (χ4v) is 3.74. The number of likely N-dealkylation sites (tertiary alicyclic amines) is 1. The Morgan fingerprint density at radius 2 is 1.86 bits per heavy atom. The molecule has 0 bridgehead atoms. The summed E-state index contributed by atoms with van der Waals surface area (Å²) >= 11 is 0. The minimum atomic E-state index is -0.397. The Balaban J connectivity index is 0.000000579. The van der Waals surface area contributed by atoms with Gasteiger partial charge in [0.1, 0.15) is 12.8 Å². The molecule has 2 atom stereocenters. The number of aliphatic hydroxyl groups excluding tert-OH is 2. The van der Waals surface area contributed by atoms with Gasteiger partial charge in [0, 0.05) is 44.5 Å². The minimum absolute atomic E-state index is 0.00144. The summed E-state index contributed by atoms with van der Waals surface area (Å²) in [7, 11) is 1.93. The van der Waals surface area contributed by atoms with E-state index in [9.17, 15) is 9.90 Å². The van der Waals surface area contributed by atoms with E-state index in [1.807, 2.05) is 38.1 Å². The van der Waals surface area contributed by atoms with Crippen LogP contribution in [0.2, 0.25) is 0 Å². The van der Waals surface area contributed by atoms with Crippen LogP contribution in [-0.4, -0.2) is 79.4 Å². The molecule has 2 saturated heterocycles. The average Bonchev–Trinajstić information content (AvgIpc) is 3.28. The quantitative estimate of drug-likeness (QED) is 0.231. The maximum Gasteiger partial charge on any atom is 0.241 e. The fraction of sp³-hybridized carbons (Fsp3) is 0.615. The summed E-state index contributed by atoms with van der Waals surface area (Å²) in [6.45, 7) is 10.8. The molecule has 2 aliphatic heterocycles. The van der Waals surface area contributed by atoms with Crippen LogP contribution in [-0.2, 0) is 20.9 Å². The molecule has 9 heteroatoms. The van der Waals surface area contributed by atoms with Crippen LogP contribution < -0.4 is 16.6 Å². The Kier molecular flexibility index (Phi) is 16.8.